The first kappa shape index (κ1) is 19.6. The molecule has 1 unspecified atom stereocenters. The van der Waals surface area contributed by atoms with E-state index < -0.39 is 6.10 Å². The molecule has 0 aliphatic carbocycles. The van der Waals surface area contributed by atoms with Crippen molar-refractivity contribution in [2.24, 2.45) is 0 Å². The lowest BCUT2D eigenvalue weighted by Crippen LogP contribution is -2.39. The van der Waals surface area contributed by atoms with Gasteiger partial charge in [-0.25, -0.2) is 0 Å². The molecule has 0 heterocycles. The van der Waals surface area contributed by atoms with Gasteiger partial charge in [0.15, 0.2) is 6.10 Å². The number of hydrogen-bond acceptors (Lipinski definition) is 4. The summed E-state index contributed by atoms with van der Waals surface area (Å²) in [5, 5.41) is 2.87. The highest BCUT2D eigenvalue weighted by Crippen LogP contribution is 2.21. The van der Waals surface area contributed by atoms with E-state index in [0.717, 1.165) is 16.9 Å². The Bertz CT molecular complexity index is 730. The van der Waals surface area contributed by atoms with Gasteiger partial charge in [-0.2, -0.15) is 0 Å². The van der Waals surface area contributed by atoms with Gasteiger partial charge in [0.1, 0.15) is 23.9 Å². The van der Waals surface area contributed by atoms with Gasteiger partial charge in [0.2, 0.25) is 0 Å². The van der Waals surface area contributed by atoms with Crippen LogP contribution in [0.15, 0.2) is 42.5 Å². The third-order valence-electron chi connectivity index (χ3n) is 3.99. The summed E-state index contributed by atoms with van der Waals surface area (Å²) in [5.41, 5.74) is 2.22. The minimum atomic E-state index is -0.553. The fraction of sp³-hybridized carbons (Fsp3) is 0.381. The lowest BCUT2D eigenvalue weighted by atomic mass is 10.1. The van der Waals surface area contributed by atoms with Crippen LogP contribution in [0.4, 0.5) is 0 Å². The maximum absolute atomic E-state index is 12.3. The van der Waals surface area contributed by atoms with Crippen molar-refractivity contribution in [3.8, 4) is 17.2 Å². The van der Waals surface area contributed by atoms with Gasteiger partial charge in [-0.15, -0.1) is 0 Å². The van der Waals surface area contributed by atoms with Gasteiger partial charge in [-0.3, -0.25) is 4.79 Å². The van der Waals surface area contributed by atoms with Crippen molar-refractivity contribution in [2.45, 2.75) is 33.3 Å². The average molecular weight is 357 g/mol. The number of methoxy groups -OCH3 is 1. The molecule has 5 heteroatoms. The summed E-state index contributed by atoms with van der Waals surface area (Å²) in [6.45, 7) is 6.77. The standard InChI is InChI=1S/C21H27NO4/c1-5-19(26-18-8-6-7-17(14-18)24-4)21(23)22-11-12-25-20-13-15(2)9-10-16(20)3/h6-10,13-14,19H,5,11-12H2,1-4H3,(H,22,23). The SMILES string of the molecule is CCC(Oc1cccc(OC)c1)C(=O)NCCOc1cc(C)ccc1C. The largest absolute Gasteiger partial charge is 0.497 e. The normalized spacial score (nSPS) is 11.5. The van der Waals surface area contributed by atoms with Crippen LogP contribution in [0, 0.1) is 13.8 Å². The van der Waals surface area contributed by atoms with Crippen molar-refractivity contribution in [3.63, 3.8) is 0 Å². The highest BCUT2D eigenvalue weighted by atomic mass is 16.5. The molecule has 1 N–H and O–H groups in total. The van der Waals surface area contributed by atoms with E-state index in [1.165, 1.54) is 0 Å². The summed E-state index contributed by atoms with van der Waals surface area (Å²) >= 11 is 0. The maximum atomic E-state index is 12.3. The van der Waals surface area contributed by atoms with Crippen LogP contribution in [0.1, 0.15) is 24.5 Å². The van der Waals surface area contributed by atoms with Crippen molar-refractivity contribution in [2.75, 3.05) is 20.3 Å². The zero-order valence-corrected chi connectivity index (χ0v) is 15.9. The molecule has 0 radical (unpaired) electrons. The highest BCUT2D eigenvalue weighted by Gasteiger charge is 2.18. The second-order valence-electron chi connectivity index (χ2n) is 6.10. The van der Waals surface area contributed by atoms with E-state index in [0.29, 0.717) is 31.1 Å². The molecular weight excluding hydrogens is 330 g/mol. The molecule has 1 atom stereocenters. The molecule has 2 aromatic carbocycles. The lowest BCUT2D eigenvalue weighted by Gasteiger charge is -2.18. The van der Waals surface area contributed by atoms with Crippen LogP contribution in [0.3, 0.4) is 0 Å². The molecule has 0 aliphatic rings. The molecule has 1 amide bonds. The number of amides is 1. The average Bonchev–Trinajstić information content (AvgIpc) is 2.65. The zero-order chi connectivity index (χ0) is 18.9. The first-order valence-electron chi connectivity index (χ1n) is 8.82. The Morgan fingerprint density at radius 2 is 1.88 bits per heavy atom. The van der Waals surface area contributed by atoms with Gasteiger partial charge in [0.05, 0.1) is 13.7 Å². The second-order valence-corrected chi connectivity index (χ2v) is 6.10. The Kier molecular flexibility index (Phi) is 7.33. The van der Waals surface area contributed by atoms with Crippen LogP contribution < -0.4 is 19.5 Å². The summed E-state index contributed by atoms with van der Waals surface area (Å²) in [6, 6.07) is 13.3. The Hall–Kier alpha value is -2.69. The summed E-state index contributed by atoms with van der Waals surface area (Å²) in [7, 11) is 1.60. The van der Waals surface area contributed by atoms with E-state index in [1.54, 1.807) is 13.2 Å². The molecule has 0 bridgehead atoms. The van der Waals surface area contributed by atoms with Gasteiger partial charge in [0.25, 0.3) is 5.91 Å². The Morgan fingerprint density at radius 1 is 1.12 bits per heavy atom. The third kappa shape index (κ3) is 5.69. The van der Waals surface area contributed by atoms with Gasteiger partial charge >= 0.3 is 0 Å². The molecule has 0 fully saturated rings. The van der Waals surface area contributed by atoms with E-state index in [2.05, 4.69) is 5.32 Å². The number of carbonyl (C=O) groups is 1. The molecule has 0 aromatic heterocycles. The fourth-order valence-corrected chi connectivity index (χ4v) is 2.47. The fourth-order valence-electron chi connectivity index (χ4n) is 2.47. The van der Waals surface area contributed by atoms with E-state index in [-0.39, 0.29) is 5.91 Å². The van der Waals surface area contributed by atoms with Crippen molar-refractivity contribution in [1.29, 1.82) is 0 Å². The number of ether oxygens (including phenoxy) is 3. The Morgan fingerprint density at radius 3 is 2.62 bits per heavy atom. The van der Waals surface area contributed by atoms with Crippen molar-refractivity contribution in [1.82, 2.24) is 5.32 Å². The molecule has 0 aliphatic heterocycles. The molecule has 5 nitrogen and oxygen atoms in total. The molecule has 26 heavy (non-hydrogen) atoms. The monoisotopic (exact) mass is 357 g/mol. The van der Waals surface area contributed by atoms with Crippen molar-refractivity contribution in [3.05, 3.63) is 53.6 Å². The topological polar surface area (TPSA) is 56.8 Å². The predicted octanol–water partition coefficient (Wildman–Crippen LogP) is 3.66. The highest BCUT2D eigenvalue weighted by molar-refractivity contribution is 5.81. The summed E-state index contributed by atoms with van der Waals surface area (Å²) < 4.78 is 16.7. The smallest absolute Gasteiger partial charge is 0.261 e. The first-order valence-corrected chi connectivity index (χ1v) is 8.82. The molecule has 2 aromatic rings. The van der Waals surface area contributed by atoms with E-state index in [4.69, 9.17) is 14.2 Å². The van der Waals surface area contributed by atoms with Crippen molar-refractivity contribution >= 4 is 5.91 Å². The predicted molar refractivity (Wildman–Crippen MR) is 102 cm³/mol. The molecule has 0 saturated carbocycles. The minimum absolute atomic E-state index is 0.153. The summed E-state index contributed by atoms with van der Waals surface area (Å²) in [4.78, 5) is 12.3. The van der Waals surface area contributed by atoms with Crippen LogP contribution in [0.5, 0.6) is 17.2 Å². The molecule has 0 saturated heterocycles. The zero-order valence-electron chi connectivity index (χ0n) is 15.9. The quantitative estimate of drug-likeness (QED) is 0.696. The molecule has 140 valence electrons. The second kappa shape index (κ2) is 9.70. The molecular formula is C21H27NO4. The Balaban J connectivity index is 1.82. The van der Waals surface area contributed by atoms with Crippen LogP contribution in [-0.4, -0.2) is 32.3 Å². The summed E-state index contributed by atoms with van der Waals surface area (Å²) in [5.74, 6) is 2.00. The van der Waals surface area contributed by atoms with E-state index >= 15 is 0 Å². The number of hydrogen-bond donors (Lipinski definition) is 1. The lowest BCUT2D eigenvalue weighted by molar-refractivity contribution is -0.128. The van der Waals surface area contributed by atoms with E-state index in [1.807, 2.05) is 57.2 Å². The number of benzene rings is 2. The number of aryl methyl sites for hydroxylation is 2. The minimum Gasteiger partial charge on any atom is -0.497 e. The van der Waals surface area contributed by atoms with Crippen LogP contribution in [0.25, 0.3) is 0 Å². The van der Waals surface area contributed by atoms with Gasteiger partial charge in [0, 0.05) is 6.07 Å². The van der Waals surface area contributed by atoms with Gasteiger partial charge in [-0.1, -0.05) is 25.1 Å². The van der Waals surface area contributed by atoms with Crippen LogP contribution in [-0.2, 0) is 4.79 Å². The molecule has 2 rings (SSSR count). The van der Waals surface area contributed by atoms with Crippen LogP contribution >= 0.6 is 0 Å². The third-order valence-corrected chi connectivity index (χ3v) is 3.99. The summed E-state index contributed by atoms with van der Waals surface area (Å²) in [6.07, 6.45) is 0.0174. The van der Waals surface area contributed by atoms with Crippen LogP contribution in [0.2, 0.25) is 0 Å². The van der Waals surface area contributed by atoms with Crippen molar-refractivity contribution < 1.29 is 19.0 Å². The molecule has 0 spiro atoms. The number of carbonyl (C=O) groups excluding carboxylic acids is 1. The first-order chi connectivity index (χ1) is 12.5. The van der Waals surface area contributed by atoms with Gasteiger partial charge < -0.3 is 19.5 Å². The van der Waals surface area contributed by atoms with Gasteiger partial charge in [-0.05, 0) is 49.6 Å². The Labute approximate surface area is 155 Å². The maximum Gasteiger partial charge on any atom is 0.261 e. The number of rotatable bonds is 9. The number of nitrogens with one attached hydrogen (secondary N) is 1. The van der Waals surface area contributed by atoms with E-state index in [9.17, 15) is 4.79 Å².